The van der Waals surface area contributed by atoms with Gasteiger partial charge in [-0.25, -0.2) is 8.78 Å². The lowest BCUT2D eigenvalue weighted by atomic mass is 10.0. The Bertz CT molecular complexity index is 386. The normalized spacial score (nSPS) is 18.4. The molecule has 2 radical (unpaired) electrons. The molecule has 0 spiro atoms. The number of rotatable bonds is 1. The Balaban J connectivity index is 2.07. The zero-order chi connectivity index (χ0) is 11.1. The molecule has 76 valence electrons. The van der Waals surface area contributed by atoms with Gasteiger partial charge in [-0.3, -0.25) is 9.78 Å². The average Bonchev–Trinajstić information content (AvgIpc) is 2.14. The van der Waals surface area contributed by atoms with Crippen LogP contribution in [-0.4, -0.2) is 42.6 Å². The molecule has 1 amide bonds. The van der Waals surface area contributed by atoms with Gasteiger partial charge in [-0.2, -0.15) is 0 Å². The van der Waals surface area contributed by atoms with Crippen molar-refractivity contribution < 1.29 is 13.6 Å². The summed E-state index contributed by atoms with van der Waals surface area (Å²) in [6.45, 7) is -1.04. The van der Waals surface area contributed by atoms with E-state index in [1.807, 2.05) is 0 Å². The van der Waals surface area contributed by atoms with E-state index >= 15 is 0 Å². The van der Waals surface area contributed by atoms with Crippen LogP contribution in [0.4, 0.5) is 8.78 Å². The number of carbonyl (C=O) groups is 1. The lowest BCUT2D eigenvalue weighted by Gasteiger charge is -2.38. The number of halogens is 2. The Labute approximate surface area is 86.5 Å². The van der Waals surface area contributed by atoms with Gasteiger partial charge in [0.2, 0.25) is 0 Å². The summed E-state index contributed by atoms with van der Waals surface area (Å²) in [4.78, 5) is 16.3. The number of nitrogens with zero attached hydrogens (tertiary/aromatic N) is 2. The molecule has 0 unspecified atom stereocenters. The van der Waals surface area contributed by atoms with Crippen molar-refractivity contribution in [1.82, 2.24) is 9.88 Å². The van der Waals surface area contributed by atoms with Gasteiger partial charge >= 0.3 is 0 Å². The standard InChI is InChI=1S/C9H7BF2N2O/c10-7-2-1-6(3-13-7)8(15)14-4-9(11,12)5-14/h1-3H,4-5H2. The minimum absolute atomic E-state index is 0.278. The van der Waals surface area contributed by atoms with E-state index < -0.39 is 24.9 Å². The molecule has 2 heterocycles. The first-order valence-electron chi connectivity index (χ1n) is 4.37. The van der Waals surface area contributed by atoms with Gasteiger partial charge in [0.25, 0.3) is 11.8 Å². The zero-order valence-corrected chi connectivity index (χ0v) is 7.78. The summed E-state index contributed by atoms with van der Waals surface area (Å²) in [6, 6.07) is 2.94. The minimum Gasteiger partial charge on any atom is -0.326 e. The number of pyridine rings is 1. The fourth-order valence-corrected chi connectivity index (χ4v) is 1.37. The predicted molar refractivity (Wildman–Crippen MR) is 50.5 cm³/mol. The second-order valence-corrected chi connectivity index (χ2v) is 3.49. The van der Waals surface area contributed by atoms with Gasteiger partial charge in [0, 0.05) is 6.20 Å². The van der Waals surface area contributed by atoms with Gasteiger partial charge in [0.05, 0.1) is 18.7 Å². The van der Waals surface area contributed by atoms with Crippen molar-refractivity contribution in [2.45, 2.75) is 5.92 Å². The highest BCUT2D eigenvalue weighted by Gasteiger charge is 2.46. The SMILES string of the molecule is [B]c1ccc(C(=O)N2CC(F)(F)C2)cn1. The summed E-state index contributed by atoms with van der Waals surface area (Å²) < 4.78 is 25.0. The lowest BCUT2D eigenvalue weighted by Crippen LogP contribution is -2.58. The third-order valence-corrected chi connectivity index (χ3v) is 2.16. The second kappa shape index (κ2) is 3.29. The maximum Gasteiger partial charge on any atom is 0.282 e. The molecule has 1 aliphatic rings. The van der Waals surface area contributed by atoms with Gasteiger partial charge in [0.1, 0.15) is 7.85 Å². The number of amides is 1. The van der Waals surface area contributed by atoms with E-state index in [-0.39, 0.29) is 5.56 Å². The Morgan fingerprint density at radius 1 is 1.47 bits per heavy atom. The largest absolute Gasteiger partial charge is 0.326 e. The van der Waals surface area contributed by atoms with Gasteiger partial charge in [0.15, 0.2) is 0 Å². The van der Waals surface area contributed by atoms with Crippen LogP contribution in [-0.2, 0) is 0 Å². The van der Waals surface area contributed by atoms with Gasteiger partial charge < -0.3 is 4.90 Å². The maximum atomic E-state index is 12.5. The molecule has 0 N–H and O–H groups in total. The van der Waals surface area contributed by atoms with E-state index in [1.165, 1.54) is 18.3 Å². The molecule has 0 saturated carbocycles. The first-order valence-corrected chi connectivity index (χ1v) is 4.37. The van der Waals surface area contributed by atoms with E-state index in [1.54, 1.807) is 0 Å². The number of likely N-dealkylation sites (tertiary alicyclic amines) is 1. The smallest absolute Gasteiger partial charge is 0.282 e. The summed E-state index contributed by atoms with van der Waals surface area (Å²) in [6.07, 6.45) is 1.29. The van der Waals surface area contributed by atoms with Gasteiger partial charge in [-0.05, 0) is 11.7 Å². The van der Waals surface area contributed by atoms with Gasteiger partial charge in [-0.15, -0.1) is 0 Å². The second-order valence-electron chi connectivity index (χ2n) is 3.49. The Hall–Kier alpha value is -1.46. The van der Waals surface area contributed by atoms with Crippen LogP contribution in [0.15, 0.2) is 18.3 Å². The van der Waals surface area contributed by atoms with Crippen LogP contribution >= 0.6 is 0 Å². The quantitative estimate of drug-likeness (QED) is 0.607. The molecule has 0 aliphatic carbocycles. The lowest BCUT2D eigenvalue weighted by molar-refractivity contribution is -0.113. The average molecular weight is 208 g/mol. The van der Waals surface area contributed by atoms with Crippen molar-refractivity contribution in [1.29, 1.82) is 0 Å². The maximum absolute atomic E-state index is 12.5. The van der Waals surface area contributed by atoms with Crippen molar-refractivity contribution in [3.63, 3.8) is 0 Å². The van der Waals surface area contributed by atoms with E-state index in [9.17, 15) is 13.6 Å². The molecule has 3 nitrogen and oxygen atoms in total. The van der Waals surface area contributed by atoms with Crippen molar-refractivity contribution >= 4 is 19.3 Å². The van der Waals surface area contributed by atoms with E-state index in [0.717, 1.165) is 4.90 Å². The third-order valence-electron chi connectivity index (χ3n) is 2.16. The van der Waals surface area contributed by atoms with Crippen LogP contribution in [0.3, 0.4) is 0 Å². The van der Waals surface area contributed by atoms with E-state index in [4.69, 9.17) is 7.85 Å². The third kappa shape index (κ3) is 1.98. The fourth-order valence-electron chi connectivity index (χ4n) is 1.37. The predicted octanol–water partition coefficient (Wildman–Crippen LogP) is -0.0335. The number of alkyl halides is 2. The highest BCUT2D eigenvalue weighted by molar-refractivity contribution is 6.30. The zero-order valence-electron chi connectivity index (χ0n) is 7.78. The van der Waals surface area contributed by atoms with Crippen LogP contribution < -0.4 is 5.59 Å². The molecule has 1 saturated heterocycles. The van der Waals surface area contributed by atoms with Gasteiger partial charge in [-0.1, -0.05) is 6.07 Å². The molecule has 0 aromatic carbocycles. The molecular weight excluding hydrogens is 201 g/mol. The summed E-state index contributed by atoms with van der Waals surface area (Å²) in [7, 11) is 5.34. The molecule has 1 aromatic heterocycles. The molecule has 1 aliphatic heterocycles. The van der Waals surface area contributed by atoms with E-state index in [2.05, 4.69) is 4.98 Å². The van der Waals surface area contributed by atoms with Crippen LogP contribution in [0.2, 0.25) is 0 Å². The summed E-state index contributed by atoms with van der Waals surface area (Å²) in [5.41, 5.74) is 0.570. The Morgan fingerprint density at radius 3 is 2.60 bits per heavy atom. The van der Waals surface area contributed by atoms with Crippen molar-refractivity contribution in [2.75, 3.05) is 13.1 Å². The van der Waals surface area contributed by atoms with Crippen molar-refractivity contribution in [2.24, 2.45) is 0 Å². The highest BCUT2D eigenvalue weighted by atomic mass is 19.3. The first-order chi connectivity index (χ1) is 6.98. The van der Waals surface area contributed by atoms with Crippen LogP contribution in [0.5, 0.6) is 0 Å². The van der Waals surface area contributed by atoms with Crippen LogP contribution in [0.1, 0.15) is 10.4 Å². The Kier molecular flexibility index (Phi) is 2.21. The minimum atomic E-state index is -2.74. The molecule has 0 atom stereocenters. The van der Waals surface area contributed by atoms with Crippen LogP contribution in [0, 0.1) is 0 Å². The molecule has 6 heteroatoms. The van der Waals surface area contributed by atoms with Crippen LogP contribution in [0.25, 0.3) is 0 Å². The molecular formula is C9H7BF2N2O. The molecule has 15 heavy (non-hydrogen) atoms. The number of hydrogen-bond donors (Lipinski definition) is 0. The molecule has 0 bridgehead atoms. The summed E-state index contributed by atoms with van der Waals surface area (Å²) in [5.74, 6) is -3.18. The molecule has 2 rings (SSSR count). The first kappa shape index (κ1) is 10.1. The van der Waals surface area contributed by atoms with Crippen molar-refractivity contribution in [3.8, 4) is 0 Å². The summed E-state index contributed by atoms with van der Waals surface area (Å²) >= 11 is 0. The topological polar surface area (TPSA) is 33.2 Å². The monoisotopic (exact) mass is 208 g/mol. The number of hydrogen-bond acceptors (Lipinski definition) is 2. The highest BCUT2D eigenvalue weighted by Crippen LogP contribution is 2.27. The number of aromatic nitrogens is 1. The fraction of sp³-hybridized carbons (Fsp3) is 0.333. The van der Waals surface area contributed by atoms with E-state index in [0.29, 0.717) is 5.59 Å². The Morgan fingerprint density at radius 2 is 2.13 bits per heavy atom. The molecule has 1 aromatic rings. The molecule has 1 fully saturated rings. The summed E-state index contributed by atoms with van der Waals surface area (Å²) in [5, 5.41) is 0. The number of carbonyl (C=O) groups excluding carboxylic acids is 1. The van der Waals surface area contributed by atoms with Crippen molar-refractivity contribution in [3.05, 3.63) is 23.9 Å².